The maximum Gasteiger partial charge on any atom is 0.212 e. The van der Waals surface area contributed by atoms with Crippen LogP contribution in [0.25, 0.3) is 12.2 Å². The molecule has 0 aromatic heterocycles. The second-order valence-corrected chi connectivity index (χ2v) is 17.4. The Balaban J connectivity index is 1.06. The molecule has 2 unspecified atom stereocenters. The van der Waals surface area contributed by atoms with Crippen molar-refractivity contribution in [3.05, 3.63) is 118 Å². The zero-order valence-corrected chi connectivity index (χ0v) is 36.2. The predicted molar refractivity (Wildman–Crippen MR) is 239 cm³/mol. The molecule has 4 aromatic carbocycles. The van der Waals surface area contributed by atoms with Crippen molar-refractivity contribution in [2.24, 2.45) is 0 Å². The number of anilines is 2. The first-order chi connectivity index (χ1) is 28.3. The summed E-state index contributed by atoms with van der Waals surface area (Å²) in [6.07, 6.45) is 8.62. The number of fused-ring (bicyclic) bond motifs is 4. The van der Waals surface area contributed by atoms with Crippen LogP contribution in [-0.2, 0) is 28.7 Å². The van der Waals surface area contributed by atoms with E-state index in [4.69, 9.17) is 14.2 Å². The minimum Gasteiger partial charge on any atom is -0.508 e. The number of phenols is 2. The van der Waals surface area contributed by atoms with Crippen LogP contribution < -0.4 is 19.3 Å². The van der Waals surface area contributed by atoms with Crippen LogP contribution in [0.5, 0.6) is 23.0 Å². The molecule has 312 valence electrons. The predicted octanol–water partition coefficient (Wildman–Crippen LogP) is 9.30. The summed E-state index contributed by atoms with van der Waals surface area (Å²) in [6.45, 7) is 24.9. The minimum absolute atomic E-state index is 0.248. The molecule has 9 nitrogen and oxygen atoms in total. The number of benzene rings is 4. The lowest BCUT2D eigenvalue weighted by atomic mass is 9.76. The molecule has 2 spiro atoms. The van der Waals surface area contributed by atoms with Crippen LogP contribution in [0.2, 0.25) is 0 Å². The summed E-state index contributed by atoms with van der Waals surface area (Å²) in [5.41, 5.74) is 6.05. The Bertz CT molecular complexity index is 2100. The van der Waals surface area contributed by atoms with Crippen LogP contribution in [0.3, 0.4) is 0 Å². The molecule has 59 heavy (non-hydrogen) atoms. The molecule has 0 saturated carbocycles. The van der Waals surface area contributed by atoms with E-state index >= 15 is 0 Å². The van der Waals surface area contributed by atoms with Gasteiger partial charge in [0.25, 0.3) is 0 Å². The summed E-state index contributed by atoms with van der Waals surface area (Å²) < 4.78 is 21.3. The number of hydrogen-bond acceptors (Lipinski definition) is 9. The number of nitrogens with zero attached hydrogens (tertiary/aromatic N) is 4. The van der Waals surface area contributed by atoms with Crippen molar-refractivity contribution in [1.29, 1.82) is 0 Å². The summed E-state index contributed by atoms with van der Waals surface area (Å²) >= 11 is 0. The molecular formula is C50H62N4O5. The molecular weight excluding hydrogens is 737 g/mol. The number of para-hydroxylation sites is 2. The van der Waals surface area contributed by atoms with Gasteiger partial charge in [0.15, 0.2) is 0 Å². The highest BCUT2D eigenvalue weighted by atomic mass is 16.5. The number of rotatable bonds is 14. The van der Waals surface area contributed by atoms with Gasteiger partial charge in [-0.3, -0.25) is 9.80 Å². The summed E-state index contributed by atoms with van der Waals surface area (Å²) in [7, 11) is 0. The highest BCUT2D eigenvalue weighted by molar-refractivity contribution is 5.75. The topological polar surface area (TPSA) is 81.1 Å². The molecule has 2 N–H and O–H groups in total. The molecule has 4 aromatic rings. The van der Waals surface area contributed by atoms with Gasteiger partial charge in [-0.1, -0.05) is 64.1 Å². The number of phenolic OH excluding ortho intramolecular Hbond substituents is 2. The summed E-state index contributed by atoms with van der Waals surface area (Å²) in [6, 6.07) is 24.6. The van der Waals surface area contributed by atoms with E-state index in [9.17, 15) is 10.2 Å². The Morgan fingerprint density at radius 2 is 0.966 bits per heavy atom. The van der Waals surface area contributed by atoms with E-state index in [1.165, 1.54) is 11.1 Å². The average Bonchev–Trinajstić information content (AvgIpc) is 3.52. The van der Waals surface area contributed by atoms with Gasteiger partial charge in [0.2, 0.25) is 11.4 Å². The van der Waals surface area contributed by atoms with Gasteiger partial charge < -0.3 is 34.2 Å². The largest absolute Gasteiger partial charge is 0.508 e. The van der Waals surface area contributed by atoms with Gasteiger partial charge in [-0.25, -0.2) is 0 Å². The van der Waals surface area contributed by atoms with Gasteiger partial charge in [0, 0.05) is 59.8 Å². The summed E-state index contributed by atoms with van der Waals surface area (Å²) in [5.74, 6) is 2.14. The van der Waals surface area contributed by atoms with Crippen LogP contribution in [0, 0.1) is 0 Å². The number of ether oxygens (including phenoxy) is 3. The summed E-state index contributed by atoms with van der Waals surface area (Å²) in [4.78, 5) is 9.44. The molecule has 0 amide bonds. The van der Waals surface area contributed by atoms with E-state index in [2.05, 4.69) is 148 Å². The number of hydrogen-bond donors (Lipinski definition) is 2. The first-order valence-corrected chi connectivity index (χ1v) is 21.6. The van der Waals surface area contributed by atoms with E-state index < -0.39 is 22.3 Å². The van der Waals surface area contributed by atoms with Crippen molar-refractivity contribution in [1.82, 2.24) is 9.80 Å². The molecule has 0 bridgehead atoms. The van der Waals surface area contributed by atoms with Crippen molar-refractivity contribution >= 4 is 23.5 Å². The molecule has 0 radical (unpaired) electrons. The average molecular weight is 799 g/mol. The zero-order chi connectivity index (χ0) is 41.7. The fraction of sp³-hybridized carbons (Fsp3) is 0.440. The van der Waals surface area contributed by atoms with Gasteiger partial charge in [-0.05, 0) is 126 Å². The van der Waals surface area contributed by atoms with Crippen LogP contribution >= 0.6 is 0 Å². The molecule has 2 atom stereocenters. The van der Waals surface area contributed by atoms with Crippen LogP contribution in [0.1, 0.15) is 88.8 Å². The lowest BCUT2D eigenvalue weighted by molar-refractivity contribution is 0.0368. The van der Waals surface area contributed by atoms with Gasteiger partial charge in [-0.2, -0.15) is 0 Å². The Morgan fingerprint density at radius 1 is 0.576 bits per heavy atom. The van der Waals surface area contributed by atoms with E-state index in [1.54, 1.807) is 12.1 Å². The zero-order valence-electron chi connectivity index (χ0n) is 36.2. The second kappa shape index (κ2) is 15.6. The van der Waals surface area contributed by atoms with E-state index in [0.717, 1.165) is 71.3 Å². The first kappa shape index (κ1) is 40.8. The fourth-order valence-corrected chi connectivity index (χ4v) is 10.1. The van der Waals surface area contributed by atoms with Crippen LogP contribution in [0.15, 0.2) is 84.9 Å². The summed E-state index contributed by atoms with van der Waals surface area (Å²) in [5, 5.41) is 21.5. The lowest BCUT2D eigenvalue weighted by Gasteiger charge is -2.48. The lowest BCUT2D eigenvalue weighted by Crippen LogP contribution is -2.60. The molecule has 0 aliphatic carbocycles. The normalized spacial score (nSPS) is 21.5. The smallest absolute Gasteiger partial charge is 0.212 e. The molecule has 4 aliphatic rings. The minimum atomic E-state index is -0.810. The van der Waals surface area contributed by atoms with Crippen molar-refractivity contribution in [3.63, 3.8) is 0 Å². The van der Waals surface area contributed by atoms with Crippen molar-refractivity contribution in [3.8, 4) is 23.0 Å². The van der Waals surface area contributed by atoms with Gasteiger partial charge in [0.1, 0.15) is 23.0 Å². The van der Waals surface area contributed by atoms with Gasteiger partial charge >= 0.3 is 0 Å². The Labute approximate surface area is 351 Å². The first-order valence-electron chi connectivity index (χ1n) is 21.6. The Kier molecular flexibility index (Phi) is 10.8. The van der Waals surface area contributed by atoms with Gasteiger partial charge in [0.05, 0.1) is 24.0 Å². The standard InChI is InChI=1S/C50H62N4O5/c1-9-51(10-2)33-37-31-39(55)29-35-21-23-49(58-45(35)37)47(5,6)41-17-13-15-19-43(41)53(49)25-27-57-28-26-54-44-20-16-14-18-42(44)48(7,8)50(54)24-22-36-30-40(56)32-38(46(36)59-50)34-52(11-3)12-4/h13-24,29-32,55-56H,9-12,25-28,33-34H2,1-8H3. The molecule has 0 fully saturated rings. The molecule has 4 heterocycles. The van der Waals surface area contributed by atoms with E-state index in [0.29, 0.717) is 39.4 Å². The maximum atomic E-state index is 10.7. The highest BCUT2D eigenvalue weighted by Crippen LogP contribution is 2.57. The third-order valence-electron chi connectivity index (χ3n) is 13.7. The Morgan fingerprint density at radius 3 is 1.36 bits per heavy atom. The Hall–Kier alpha value is -4.96. The quantitative estimate of drug-likeness (QED) is 0.121. The van der Waals surface area contributed by atoms with Crippen molar-refractivity contribution in [2.45, 2.75) is 90.8 Å². The third kappa shape index (κ3) is 6.57. The SMILES string of the molecule is CCN(CC)Cc1cc(O)cc2c1OC1(C=C2)N(CCOCCN2c3ccccc3C(C)(C)C23C=Cc2cc(O)cc(CN(CC)CC)c2O3)c2ccccc2C1(C)C. The van der Waals surface area contributed by atoms with Crippen molar-refractivity contribution in [2.75, 3.05) is 62.3 Å². The third-order valence-corrected chi connectivity index (χ3v) is 13.7. The molecule has 4 aliphatic heterocycles. The van der Waals surface area contributed by atoms with Crippen LogP contribution in [0.4, 0.5) is 11.4 Å². The van der Waals surface area contributed by atoms with E-state index in [-0.39, 0.29) is 11.5 Å². The van der Waals surface area contributed by atoms with Crippen molar-refractivity contribution < 1.29 is 24.4 Å². The monoisotopic (exact) mass is 798 g/mol. The van der Waals surface area contributed by atoms with Crippen LogP contribution in [-0.4, -0.2) is 83.9 Å². The molecule has 0 saturated heterocycles. The van der Waals surface area contributed by atoms with Gasteiger partial charge in [-0.15, -0.1) is 0 Å². The fourth-order valence-electron chi connectivity index (χ4n) is 10.1. The highest BCUT2D eigenvalue weighted by Gasteiger charge is 2.60. The van der Waals surface area contributed by atoms with E-state index in [1.807, 2.05) is 12.1 Å². The number of aromatic hydroxyl groups is 2. The molecule has 9 heteroatoms. The molecule has 8 rings (SSSR count). The maximum absolute atomic E-state index is 10.7. The second-order valence-electron chi connectivity index (χ2n) is 17.4.